The van der Waals surface area contributed by atoms with Crippen molar-refractivity contribution in [1.29, 1.82) is 0 Å². The van der Waals surface area contributed by atoms with Crippen molar-refractivity contribution >= 4 is 11.9 Å². The second-order valence-electron chi connectivity index (χ2n) is 2.81. The lowest BCUT2D eigenvalue weighted by atomic mass is 10.0. The van der Waals surface area contributed by atoms with Crippen molar-refractivity contribution in [1.82, 2.24) is 0 Å². The summed E-state index contributed by atoms with van der Waals surface area (Å²) in [7, 11) is 0. The van der Waals surface area contributed by atoms with Crippen molar-refractivity contribution < 1.29 is 19.4 Å². The van der Waals surface area contributed by atoms with Crippen molar-refractivity contribution in [3.05, 3.63) is 12.2 Å². The fourth-order valence-corrected chi connectivity index (χ4v) is 0.659. The molecule has 0 spiro atoms. The fraction of sp³-hybridized carbons (Fsp3) is 0.556. The summed E-state index contributed by atoms with van der Waals surface area (Å²) in [5.41, 5.74) is -1.42. The van der Waals surface area contributed by atoms with Gasteiger partial charge in [0.1, 0.15) is 0 Å². The lowest BCUT2D eigenvalue weighted by Crippen LogP contribution is -2.39. The molecule has 4 nitrogen and oxygen atoms in total. The van der Waals surface area contributed by atoms with Crippen molar-refractivity contribution in [2.45, 2.75) is 32.8 Å². The highest BCUT2D eigenvalue weighted by atomic mass is 16.6. The SMILES string of the molecule is CC=CC(=O)OC(C)(CC)C(=O)O. The molecular formula is C9H14O4. The van der Waals surface area contributed by atoms with Crippen LogP contribution in [0.5, 0.6) is 0 Å². The van der Waals surface area contributed by atoms with E-state index in [1.54, 1.807) is 13.8 Å². The van der Waals surface area contributed by atoms with Crippen LogP contribution in [0.2, 0.25) is 0 Å². The fourth-order valence-electron chi connectivity index (χ4n) is 0.659. The summed E-state index contributed by atoms with van der Waals surface area (Å²) in [6.45, 7) is 4.68. The van der Waals surface area contributed by atoms with Crippen LogP contribution in [0.15, 0.2) is 12.2 Å². The number of aliphatic carboxylic acids is 1. The minimum Gasteiger partial charge on any atom is -0.478 e. The molecule has 0 aromatic heterocycles. The van der Waals surface area contributed by atoms with Gasteiger partial charge in [-0.25, -0.2) is 9.59 Å². The topological polar surface area (TPSA) is 63.6 Å². The molecule has 0 rings (SSSR count). The molecule has 0 amide bonds. The minimum atomic E-state index is -1.42. The largest absolute Gasteiger partial charge is 0.478 e. The van der Waals surface area contributed by atoms with E-state index in [4.69, 9.17) is 9.84 Å². The number of carbonyl (C=O) groups excluding carboxylic acids is 1. The first-order valence-electron chi connectivity index (χ1n) is 4.05. The predicted molar refractivity (Wildman–Crippen MR) is 47.2 cm³/mol. The van der Waals surface area contributed by atoms with Gasteiger partial charge in [0.15, 0.2) is 0 Å². The Morgan fingerprint density at radius 2 is 2.08 bits per heavy atom. The normalized spacial score (nSPS) is 15.3. The summed E-state index contributed by atoms with van der Waals surface area (Å²) in [6.07, 6.45) is 2.93. The molecule has 1 unspecified atom stereocenters. The number of carboxylic acids is 1. The number of rotatable bonds is 4. The first-order valence-corrected chi connectivity index (χ1v) is 4.05. The monoisotopic (exact) mass is 186 g/mol. The Balaban J connectivity index is 4.45. The van der Waals surface area contributed by atoms with Gasteiger partial charge in [0.25, 0.3) is 0 Å². The number of allylic oxidation sites excluding steroid dienone is 1. The molecule has 0 aromatic carbocycles. The van der Waals surface area contributed by atoms with Gasteiger partial charge in [0.2, 0.25) is 5.60 Å². The van der Waals surface area contributed by atoms with Crippen LogP contribution in [0.1, 0.15) is 27.2 Å². The van der Waals surface area contributed by atoms with E-state index in [1.807, 2.05) is 0 Å². The minimum absolute atomic E-state index is 0.242. The van der Waals surface area contributed by atoms with Crippen molar-refractivity contribution in [2.75, 3.05) is 0 Å². The molecule has 0 bridgehead atoms. The molecule has 74 valence electrons. The molecule has 0 saturated heterocycles. The van der Waals surface area contributed by atoms with E-state index in [1.165, 1.54) is 19.1 Å². The summed E-state index contributed by atoms with van der Waals surface area (Å²) in [5.74, 6) is -1.76. The molecule has 0 aliphatic heterocycles. The molecule has 4 heteroatoms. The number of ether oxygens (including phenoxy) is 1. The number of carbonyl (C=O) groups is 2. The van der Waals surface area contributed by atoms with Crippen molar-refractivity contribution in [3.63, 3.8) is 0 Å². The molecule has 1 N–H and O–H groups in total. The maximum Gasteiger partial charge on any atom is 0.347 e. The lowest BCUT2D eigenvalue weighted by Gasteiger charge is -2.22. The molecule has 1 atom stereocenters. The predicted octanol–water partition coefficient (Wildman–Crippen LogP) is 1.36. The smallest absolute Gasteiger partial charge is 0.347 e. The maximum atomic E-state index is 10.9. The molecule has 0 fully saturated rings. The van der Waals surface area contributed by atoms with Crippen LogP contribution >= 0.6 is 0 Å². The van der Waals surface area contributed by atoms with E-state index in [9.17, 15) is 9.59 Å². The van der Waals surface area contributed by atoms with Crippen LogP contribution in [0.4, 0.5) is 0 Å². The Kier molecular flexibility index (Phi) is 4.17. The van der Waals surface area contributed by atoms with Crippen molar-refractivity contribution in [3.8, 4) is 0 Å². The van der Waals surface area contributed by atoms with Crippen LogP contribution < -0.4 is 0 Å². The van der Waals surface area contributed by atoms with E-state index in [2.05, 4.69) is 0 Å². The first-order chi connectivity index (χ1) is 5.96. The molecule has 0 aromatic rings. The third-order valence-corrected chi connectivity index (χ3v) is 1.76. The summed E-state index contributed by atoms with van der Waals surface area (Å²) in [6, 6.07) is 0. The maximum absolute atomic E-state index is 10.9. The summed E-state index contributed by atoms with van der Waals surface area (Å²) >= 11 is 0. The standard InChI is InChI=1S/C9H14O4/c1-4-6-7(10)13-9(3,5-2)8(11)12/h4,6H,5H2,1-3H3,(H,11,12). The number of carboxylic acid groups (broad SMARTS) is 1. The van der Waals surface area contributed by atoms with Gasteiger partial charge in [0.05, 0.1) is 0 Å². The molecule has 13 heavy (non-hydrogen) atoms. The Labute approximate surface area is 77.2 Å². The average Bonchev–Trinajstić information content (AvgIpc) is 2.04. The molecule has 0 heterocycles. The van der Waals surface area contributed by atoms with E-state index < -0.39 is 17.5 Å². The van der Waals surface area contributed by atoms with E-state index in [0.29, 0.717) is 0 Å². The van der Waals surface area contributed by atoms with Crippen molar-refractivity contribution in [2.24, 2.45) is 0 Å². The second-order valence-corrected chi connectivity index (χ2v) is 2.81. The highest BCUT2D eigenvalue weighted by Crippen LogP contribution is 2.15. The van der Waals surface area contributed by atoms with Gasteiger partial charge in [-0.15, -0.1) is 0 Å². The molecule has 0 aliphatic rings. The number of esters is 1. The zero-order valence-corrected chi connectivity index (χ0v) is 8.03. The van der Waals surface area contributed by atoms with Gasteiger partial charge in [-0.3, -0.25) is 0 Å². The Bertz CT molecular complexity index is 232. The molecule has 0 aliphatic carbocycles. The van der Waals surface area contributed by atoms with E-state index >= 15 is 0 Å². The molecular weight excluding hydrogens is 172 g/mol. The number of hydrogen-bond acceptors (Lipinski definition) is 3. The van der Waals surface area contributed by atoms with Gasteiger partial charge >= 0.3 is 11.9 Å². The van der Waals surface area contributed by atoms with Crippen LogP contribution in [0, 0.1) is 0 Å². The summed E-state index contributed by atoms with van der Waals surface area (Å²) in [4.78, 5) is 21.6. The lowest BCUT2D eigenvalue weighted by molar-refractivity contribution is -0.173. The van der Waals surface area contributed by atoms with Gasteiger partial charge in [-0.1, -0.05) is 13.0 Å². The van der Waals surface area contributed by atoms with Gasteiger partial charge in [-0.2, -0.15) is 0 Å². The van der Waals surface area contributed by atoms with Crippen LogP contribution in [-0.4, -0.2) is 22.6 Å². The highest BCUT2D eigenvalue weighted by Gasteiger charge is 2.34. The average molecular weight is 186 g/mol. The van der Waals surface area contributed by atoms with Gasteiger partial charge in [-0.05, 0) is 20.3 Å². The summed E-state index contributed by atoms with van der Waals surface area (Å²) in [5, 5.41) is 8.75. The Morgan fingerprint density at radius 3 is 2.38 bits per heavy atom. The zero-order chi connectivity index (χ0) is 10.5. The van der Waals surface area contributed by atoms with E-state index in [-0.39, 0.29) is 6.42 Å². The van der Waals surface area contributed by atoms with Crippen LogP contribution in [0.3, 0.4) is 0 Å². The summed E-state index contributed by atoms with van der Waals surface area (Å²) < 4.78 is 4.76. The number of hydrogen-bond donors (Lipinski definition) is 1. The van der Waals surface area contributed by atoms with Crippen LogP contribution in [-0.2, 0) is 14.3 Å². The third-order valence-electron chi connectivity index (χ3n) is 1.76. The van der Waals surface area contributed by atoms with Crippen LogP contribution in [0.25, 0.3) is 0 Å². The zero-order valence-electron chi connectivity index (χ0n) is 8.03. The molecule has 0 saturated carbocycles. The first kappa shape index (κ1) is 11.7. The second kappa shape index (κ2) is 4.64. The molecule has 0 radical (unpaired) electrons. The van der Waals surface area contributed by atoms with Gasteiger partial charge < -0.3 is 9.84 Å². The third kappa shape index (κ3) is 3.27. The quantitative estimate of drug-likeness (QED) is 0.531. The Morgan fingerprint density at radius 1 is 1.54 bits per heavy atom. The van der Waals surface area contributed by atoms with Gasteiger partial charge in [0, 0.05) is 6.08 Å². The highest BCUT2D eigenvalue weighted by molar-refractivity contribution is 5.86. The Hall–Kier alpha value is -1.32. The van der Waals surface area contributed by atoms with E-state index in [0.717, 1.165) is 0 Å².